The van der Waals surface area contributed by atoms with Gasteiger partial charge >= 0.3 is 11.9 Å². The zero-order valence-electron chi connectivity index (χ0n) is 34.8. The summed E-state index contributed by atoms with van der Waals surface area (Å²) in [5.74, 6) is -0.883. The summed E-state index contributed by atoms with van der Waals surface area (Å²) in [6, 6.07) is 0. The third-order valence-corrected chi connectivity index (χ3v) is 9.03. The largest absolute Gasteiger partial charge is 0.462 e. The molecular formula is C47H74O10. The molecular weight excluding hydrogens is 725 g/mol. The highest BCUT2D eigenvalue weighted by Gasteiger charge is 2.44. The van der Waals surface area contributed by atoms with Gasteiger partial charge in [-0.2, -0.15) is 0 Å². The second-order valence-electron chi connectivity index (χ2n) is 14.1. The first-order valence-corrected chi connectivity index (χ1v) is 21.4. The number of esters is 2. The number of allylic oxidation sites excluding steroid dienone is 16. The summed E-state index contributed by atoms with van der Waals surface area (Å²) < 4.78 is 22.1. The van der Waals surface area contributed by atoms with E-state index in [0.717, 1.165) is 83.5 Å². The summed E-state index contributed by atoms with van der Waals surface area (Å²) in [6.07, 6.45) is 41.2. The van der Waals surface area contributed by atoms with E-state index in [-0.39, 0.29) is 26.1 Å². The van der Waals surface area contributed by atoms with Crippen LogP contribution < -0.4 is 0 Å². The lowest BCUT2D eigenvalue weighted by atomic mass is 9.99. The highest BCUT2D eigenvalue weighted by molar-refractivity contribution is 5.70. The third-order valence-electron chi connectivity index (χ3n) is 9.03. The van der Waals surface area contributed by atoms with Gasteiger partial charge in [0.15, 0.2) is 12.4 Å². The first kappa shape index (κ1) is 51.6. The number of ether oxygens (including phenoxy) is 4. The Bertz CT molecular complexity index is 1240. The molecule has 1 fully saturated rings. The topological polar surface area (TPSA) is 152 Å². The number of aliphatic hydroxyl groups excluding tert-OH is 4. The normalized spacial score (nSPS) is 21.3. The molecule has 0 radical (unpaired) electrons. The molecule has 0 aromatic carbocycles. The Balaban J connectivity index is 2.41. The van der Waals surface area contributed by atoms with Gasteiger partial charge in [0.05, 0.1) is 13.2 Å². The summed E-state index contributed by atoms with van der Waals surface area (Å²) in [4.78, 5) is 25.3. The quantitative estimate of drug-likeness (QED) is 0.0220. The molecule has 1 saturated heterocycles. The van der Waals surface area contributed by atoms with Crippen molar-refractivity contribution in [3.8, 4) is 0 Å². The van der Waals surface area contributed by atoms with Crippen molar-refractivity contribution in [2.24, 2.45) is 0 Å². The molecule has 57 heavy (non-hydrogen) atoms. The lowest BCUT2D eigenvalue weighted by molar-refractivity contribution is -0.305. The second kappa shape index (κ2) is 36.9. The predicted molar refractivity (Wildman–Crippen MR) is 228 cm³/mol. The predicted octanol–water partition coefficient (Wildman–Crippen LogP) is 8.77. The zero-order valence-corrected chi connectivity index (χ0v) is 34.8. The van der Waals surface area contributed by atoms with Gasteiger partial charge in [-0.25, -0.2) is 0 Å². The highest BCUT2D eigenvalue weighted by Crippen LogP contribution is 2.22. The van der Waals surface area contributed by atoms with Crippen LogP contribution in [0.25, 0.3) is 0 Å². The van der Waals surface area contributed by atoms with Gasteiger partial charge in [-0.05, 0) is 70.6 Å². The number of hydrogen-bond acceptors (Lipinski definition) is 10. The maximum atomic E-state index is 12.7. The number of carbonyl (C=O) groups is 2. The van der Waals surface area contributed by atoms with E-state index in [9.17, 15) is 30.0 Å². The fraction of sp³-hybridized carbons (Fsp3) is 0.617. The van der Waals surface area contributed by atoms with E-state index in [1.54, 1.807) is 0 Å². The van der Waals surface area contributed by atoms with Crippen molar-refractivity contribution in [2.75, 3.05) is 19.8 Å². The minimum Gasteiger partial charge on any atom is -0.462 e. The van der Waals surface area contributed by atoms with Crippen LogP contribution >= 0.6 is 0 Å². The smallest absolute Gasteiger partial charge is 0.306 e. The number of carbonyl (C=O) groups excluding carboxylic acids is 2. The van der Waals surface area contributed by atoms with E-state index in [2.05, 4.69) is 80.7 Å². The van der Waals surface area contributed by atoms with Gasteiger partial charge in [-0.1, -0.05) is 143 Å². The Morgan fingerprint density at radius 2 is 1.11 bits per heavy atom. The van der Waals surface area contributed by atoms with Crippen LogP contribution in [0.4, 0.5) is 0 Å². The van der Waals surface area contributed by atoms with Crippen LogP contribution in [0.5, 0.6) is 0 Å². The van der Waals surface area contributed by atoms with Crippen molar-refractivity contribution >= 4 is 11.9 Å². The molecule has 0 amide bonds. The molecule has 0 saturated carbocycles. The Hall–Kier alpha value is -3.38. The van der Waals surface area contributed by atoms with Crippen LogP contribution in [0, 0.1) is 0 Å². The second-order valence-corrected chi connectivity index (χ2v) is 14.1. The number of aliphatic hydroxyl groups is 4. The minimum atomic E-state index is -1.61. The van der Waals surface area contributed by atoms with Crippen molar-refractivity contribution in [1.29, 1.82) is 0 Å². The van der Waals surface area contributed by atoms with Crippen LogP contribution in [0.2, 0.25) is 0 Å². The zero-order chi connectivity index (χ0) is 41.6. The van der Waals surface area contributed by atoms with Crippen molar-refractivity contribution in [3.63, 3.8) is 0 Å². The Morgan fingerprint density at radius 3 is 1.74 bits per heavy atom. The number of hydrogen-bond donors (Lipinski definition) is 4. The van der Waals surface area contributed by atoms with Gasteiger partial charge in [0.1, 0.15) is 31.0 Å². The lowest BCUT2D eigenvalue weighted by Gasteiger charge is -2.39. The van der Waals surface area contributed by atoms with Gasteiger partial charge in [0, 0.05) is 12.8 Å². The van der Waals surface area contributed by atoms with Crippen molar-refractivity contribution in [2.45, 2.75) is 166 Å². The summed E-state index contributed by atoms with van der Waals surface area (Å²) in [5, 5.41) is 40.0. The summed E-state index contributed by atoms with van der Waals surface area (Å²) in [6.45, 7) is 3.13. The molecule has 0 bridgehead atoms. The van der Waals surface area contributed by atoms with Gasteiger partial charge in [-0.15, -0.1) is 0 Å². The first-order chi connectivity index (χ1) is 27.8. The SMILES string of the molecule is CC/C=C/C=C/C=C/C=C/CCCCCCCC(=O)OC[C@H](CO[C@@H]1O[C@H](CO)[C@H](O)C(O)C1O)OC(=O)CCCCC/C=C/C/C=C/C/C=C/C/C=C/CCC. The monoisotopic (exact) mass is 799 g/mol. The molecule has 0 aliphatic carbocycles. The molecule has 1 heterocycles. The minimum absolute atomic E-state index is 0.180. The standard InChI is InChI=1S/C47H74O10/c1-3-5-7-9-11-13-15-17-19-20-22-24-26-28-30-32-34-36-43(50)56-40(39-55-47-46(53)45(52)44(51)41(37-48)57-47)38-54-42(49)35-33-31-29-27-25-23-21-18-16-14-12-10-8-6-4-2/h6-10,12-16,18-21,24,26,40-41,44-48,51-53H,3-5,11,17,22-23,25,27-39H2,1-2H3/b8-6+,9-7+,12-10+,15-13+,16-14+,20-19+,21-18+,26-24+/t40-,41-,44+,45?,46?,47-/m1/s1. The molecule has 1 aliphatic rings. The number of unbranched alkanes of at least 4 members (excludes halogenated alkanes) is 9. The van der Waals surface area contributed by atoms with Crippen molar-refractivity contribution in [1.82, 2.24) is 0 Å². The summed E-state index contributed by atoms with van der Waals surface area (Å²) >= 11 is 0. The van der Waals surface area contributed by atoms with Crippen LogP contribution in [-0.2, 0) is 28.5 Å². The number of rotatable bonds is 33. The molecule has 2 unspecified atom stereocenters. The maximum Gasteiger partial charge on any atom is 0.306 e. The molecule has 0 spiro atoms. The first-order valence-electron chi connectivity index (χ1n) is 21.4. The summed E-state index contributed by atoms with van der Waals surface area (Å²) in [7, 11) is 0. The Labute approximate surface area is 343 Å². The Morgan fingerprint density at radius 1 is 0.579 bits per heavy atom. The van der Waals surface area contributed by atoms with Crippen molar-refractivity contribution < 1.29 is 49.0 Å². The highest BCUT2D eigenvalue weighted by atomic mass is 16.7. The van der Waals surface area contributed by atoms with E-state index < -0.39 is 55.4 Å². The average molecular weight is 799 g/mol. The molecule has 0 aromatic rings. The van der Waals surface area contributed by atoms with Gasteiger partial charge < -0.3 is 39.4 Å². The van der Waals surface area contributed by atoms with E-state index in [4.69, 9.17) is 18.9 Å². The average Bonchev–Trinajstić information content (AvgIpc) is 3.21. The molecule has 10 heteroatoms. The van der Waals surface area contributed by atoms with E-state index in [1.807, 2.05) is 30.4 Å². The van der Waals surface area contributed by atoms with Crippen LogP contribution in [0.1, 0.15) is 129 Å². The van der Waals surface area contributed by atoms with Gasteiger partial charge in [0.2, 0.25) is 0 Å². The fourth-order valence-corrected chi connectivity index (χ4v) is 5.66. The van der Waals surface area contributed by atoms with Gasteiger partial charge in [0.25, 0.3) is 0 Å². The van der Waals surface area contributed by atoms with Crippen LogP contribution in [0.15, 0.2) is 97.2 Å². The molecule has 4 N–H and O–H groups in total. The van der Waals surface area contributed by atoms with Crippen LogP contribution in [0.3, 0.4) is 0 Å². The third kappa shape index (κ3) is 28.6. The van der Waals surface area contributed by atoms with Gasteiger partial charge in [-0.3, -0.25) is 9.59 Å². The van der Waals surface area contributed by atoms with E-state index in [1.165, 1.54) is 6.42 Å². The van der Waals surface area contributed by atoms with Crippen molar-refractivity contribution in [3.05, 3.63) is 97.2 Å². The summed E-state index contributed by atoms with van der Waals surface area (Å²) in [5.41, 5.74) is 0. The maximum absolute atomic E-state index is 12.7. The molecule has 1 rings (SSSR count). The fourth-order valence-electron chi connectivity index (χ4n) is 5.66. The molecule has 1 aliphatic heterocycles. The molecule has 0 aromatic heterocycles. The Kier molecular flexibility index (Phi) is 33.5. The van der Waals surface area contributed by atoms with E-state index in [0.29, 0.717) is 12.8 Å². The molecule has 10 nitrogen and oxygen atoms in total. The van der Waals surface area contributed by atoms with E-state index >= 15 is 0 Å². The molecule has 322 valence electrons. The lowest BCUT2D eigenvalue weighted by Crippen LogP contribution is -2.59. The van der Waals surface area contributed by atoms with Crippen LogP contribution in [-0.4, -0.2) is 89.0 Å². The molecule has 6 atom stereocenters.